The standard InChI is InChI=1S/C12H16N2O4S/c1-8(16)11-5-10(14(17)18)12(19-11)13-4-2-3-9(6-13)7-15/h5,9,15H,2-4,6-7H2,1H3. The van der Waals surface area contributed by atoms with Gasteiger partial charge in [-0.2, -0.15) is 0 Å². The Kier molecular flexibility index (Phi) is 4.16. The van der Waals surface area contributed by atoms with Crippen molar-refractivity contribution in [1.82, 2.24) is 0 Å². The van der Waals surface area contributed by atoms with Gasteiger partial charge in [0.25, 0.3) is 0 Å². The summed E-state index contributed by atoms with van der Waals surface area (Å²) in [5.74, 6) is -0.00806. The largest absolute Gasteiger partial charge is 0.396 e. The third-order valence-electron chi connectivity index (χ3n) is 3.30. The van der Waals surface area contributed by atoms with E-state index in [-0.39, 0.29) is 24.0 Å². The first-order chi connectivity index (χ1) is 9.02. The van der Waals surface area contributed by atoms with E-state index in [9.17, 15) is 20.0 Å². The minimum absolute atomic E-state index is 0.00575. The van der Waals surface area contributed by atoms with Gasteiger partial charge in [0.05, 0.1) is 9.80 Å². The summed E-state index contributed by atoms with van der Waals surface area (Å²) in [7, 11) is 0. The minimum Gasteiger partial charge on any atom is -0.396 e. The van der Waals surface area contributed by atoms with Crippen LogP contribution in [0.1, 0.15) is 29.4 Å². The highest BCUT2D eigenvalue weighted by Crippen LogP contribution is 2.39. The maximum Gasteiger partial charge on any atom is 0.304 e. The van der Waals surface area contributed by atoms with Crippen LogP contribution in [-0.4, -0.2) is 35.5 Å². The highest BCUT2D eigenvalue weighted by atomic mass is 32.1. The zero-order chi connectivity index (χ0) is 14.0. The molecule has 1 aromatic heterocycles. The monoisotopic (exact) mass is 284 g/mol. The fourth-order valence-corrected chi connectivity index (χ4v) is 3.36. The molecule has 1 fully saturated rings. The molecule has 19 heavy (non-hydrogen) atoms. The highest BCUT2D eigenvalue weighted by Gasteiger charge is 2.28. The van der Waals surface area contributed by atoms with Crippen molar-refractivity contribution in [1.29, 1.82) is 0 Å². The number of aliphatic hydroxyl groups is 1. The van der Waals surface area contributed by atoms with E-state index in [1.165, 1.54) is 24.3 Å². The van der Waals surface area contributed by atoms with Crippen molar-refractivity contribution in [3.05, 3.63) is 21.1 Å². The molecular formula is C12H16N2O4S. The van der Waals surface area contributed by atoms with Crippen LogP contribution in [0, 0.1) is 16.0 Å². The molecule has 0 bridgehead atoms. The summed E-state index contributed by atoms with van der Waals surface area (Å²) in [4.78, 5) is 24.3. The number of ketones is 1. The number of thiophene rings is 1. The molecule has 0 saturated carbocycles. The van der Waals surface area contributed by atoms with E-state index in [2.05, 4.69) is 0 Å². The van der Waals surface area contributed by atoms with Gasteiger partial charge in [-0.15, -0.1) is 11.3 Å². The summed E-state index contributed by atoms with van der Waals surface area (Å²) in [5.41, 5.74) is -0.00575. The predicted octanol–water partition coefficient (Wildman–Crippen LogP) is 2.07. The Bertz CT molecular complexity index is 500. The van der Waals surface area contributed by atoms with Crippen LogP contribution in [-0.2, 0) is 0 Å². The number of hydrogen-bond acceptors (Lipinski definition) is 6. The van der Waals surface area contributed by atoms with Gasteiger partial charge >= 0.3 is 5.69 Å². The summed E-state index contributed by atoms with van der Waals surface area (Å²) in [6.45, 7) is 2.84. The number of nitro groups is 1. The fraction of sp³-hybridized carbons (Fsp3) is 0.583. The number of aliphatic hydroxyl groups excluding tert-OH is 1. The van der Waals surface area contributed by atoms with Crippen LogP contribution in [0.5, 0.6) is 0 Å². The maximum atomic E-state index is 11.4. The van der Waals surface area contributed by atoms with Gasteiger partial charge in [-0.1, -0.05) is 0 Å². The van der Waals surface area contributed by atoms with Gasteiger partial charge in [-0.25, -0.2) is 0 Å². The van der Waals surface area contributed by atoms with Crippen LogP contribution in [0.4, 0.5) is 10.7 Å². The van der Waals surface area contributed by atoms with Gasteiger partial charge in [-0.05, 0) is 25.7 Å². The van der Waals surface area contributed by atoms with Crippen LogP contribution in [0.2, 0.25) is 0 Å². The second-order valence-electron chi connectivity index (χ2n) is 4.75. The van der Waals surface area contributed by atoms with Gasteiger partial charge in [0.2, 0.25) is 0 Å². The molecule has 1 aliphatic rings. The van der Waals surface area contributed by atoms with Gasteiger partial charge in [0.1, 0.15) is 0 Å². The first-order valence-corrected chi connectivity index (χ1v) is 6.99. The molecule has 2 heterocycles. The molecule has 1 unspecified atom stereocenters. The molecule has 2 rings (SSSR count). The second-order valence-corrected chi connectivity index (χ2v) is 5.78. The molecule has 0 amide bonds. The normalized spacial score (nSPS) is 19.5. The number of piperidine rings is 1. The number of hydrogen-bond donors (Lipinski definition) is 1. The summed E-state index contributed by atoms with van der Waals surface area (Å²) in [5, 5.41) is 20.8. The molecular weight excluding hydrogens is 268 g/mol. The molecule has 0 aromatic carbocycles. The van der Waals surface area contributed by atoms with E-state index in [0.717, 1.165) is 19.4 Å². The first-order valence-electron chi connectivity index (χ1n) is 6.18. The zero-order valence-electron chi connectivity index (χ0n) is 10.7. The molecule has 1 atom stereocenters. The molecule has 7 heteroatoms. The van der Waals surface area contributed by atoms with Gasteiger partial charge < -0.3 is 10.0 Å². The molecule has 0 aliphatic carbocycles. The second kappa shape index (κ2) is 5.66. The van der Waals surface area contributed by atoms with Crippen LogP contribution in [0.3, 0.4) is 0 Å². The Balaban J connectivity index is 2.32. The number of nitrogens with zero attached hydrogens (tertiary/aromatic N) is 2. The van der Waals surface area contributed by atoms with Crippen molar-refractivity contribution in [2.75, 3.05) is 24.6 Å². The summed E-state index contributed by atoms with van der Waals surface area (Å²) >= 11 is 1.17. The van der Waals surface area contributed by atoms with Gasteiger partial charge in [-0.3, -0.25) is 14.9 Å². The Hall–Kier alpha value is -1.47. The fourth-order valence-electron chi connectivity index (χ4n) is 2.30. The lowest BCUT2D eigenvalue weighted by Crippen LogP contribution is -2.36. The van der Waals surface area contributed by atoms with Crippen LogP contribution in [0.15, 0.2) is 6.07 Å². The molecule has 0 spiro atoms. The van der Waals surface area contributed by atoms with Crippen molar-refractivity contribution >= 4 is 27.8 Å². The lowest BCUT2D eigenvalue weighted by molar-refractivity contribution is -0.383. The Morgan fingerprint density at radius 3 is 3.00 bits per heavy atom. The van der Waals surface area contributed by atoms with Crippen molar-refractivity contribution < 1.29 is 14.8 Å². The molecule has 1 aliphatic heterocycles. The minimum atomic E-state index is -0.444. The van der Waals surface area contributed by atoms with E-state index >= 15 is 0 Å². The lowest BCUT2D eigenvalue weighted by Gasteiger charge is -2.31. The quantitative estimate of drug-likeness (QED) is 0.520. The summed E-state index contributed by atoms with van der Waals surface area (Å²) in [6, 6.07) is 1.35. The van der Waals surface area contributed by atoms with E-state index < -0.39 is 4.92 Å². The summed E-state index contributed by atoms with van der Waals surface area (Å²) < 4.78 is 0. The van der Waals surface area contributed by atoms with Crippen molar-refractivity contribution in [2.24, 2.45) is 5.92 Å². The third kappa shape index (κ3) is 2.93. The first kappa shape index (κ1) is 14.0. The zero-order valence-corrected chi connectivity index (χ0v) is 11.5. The predicted molar refractivity (Wildman–Crippen MR) is 73.0 cm³/mol. The van der Waals surface area contributed by atoms with E-state index in [4.69, 9.17) is 0 Å². The average Bonchev–Trinajstić information content (AvgIpc) is 2.84. The van der Waals surface area contributed by atoms with Gasteiger partial charge in [0.15, 0.2) is 10.8 Å². The Morgan fingerprint density at radius 2 is 2.42 bits per heavy atom. The number of carbonyl (C=O) groups is 1. The smallest absolute Gasteiger partial charge is 0.304 e. The molecule has 1 N–H and O–H groups in total. The van der Waals surface area contributed by atoms with E-state index in [1.54, 1.807) is 0 Å². The molecule has 1 aromatic rings. The summed E-state index contributed by atoms with van der Waals surface area (Å²) in [6.07, 6.45) is 1.83. The average molecular weight is 284 g/mol. The SMILES string of the molecule is CC(=O)c1cc([N+](=O)[O-])c(N2CCCC(CO)C2)s1. The van der Waals surface area contributed by atoms with Gasteiger partial charge in [0, 0.05) is 25.8 Å². The van der Waals surface area contributed by atoms with Crippen molar-refractivity contribution in [3.63, 3.8) is 0 Å². The van der Waals surface area contributed by atoms with E-state index in [1.807, 2.05) is 4.90 Å². The number of Topliss-reactive ketones (excluding diaryl/α,β-unsaturated/α-hetero) is 1. The molecule has 6 nitrogen and oxygen atoms in total. The third-order valence-corrected chi connectivity index (χ3v) is 4.59. The highest BCUT2D eigenvalue weighted by molar-refractivity contribution is 7.18. The van der Waals surface area contributed by atoms with Crippen LogP contribution in [0.25, 0.3) is 0 Å². The topological polar surface area (TPSA) is 83.7 Å². The Labute approximate surface area is 114 Å². The van der Waals surface area contributed by atoms with Crippen molar-refractivity contribution in [2.45, 2.75) is 19.8 Å². The van der Waals surface area contributed by atoms with Crippen molar-refractivity contribution in [3.8, 4) is 0 Å². The Morgan fingerprint density at radius 1 is 1.68 bits per heavy atom. The molecule has 1 saturated heterocycles. The number of carbonyl (C=O) groups excluding carboxylic acids is 1. The van der Waals surface area contributed by atoms with E-state index in [0.29, 0.717) is 16.4 Å². The van der Waals surface area contributed by atoms with Crippen LogP contribution >= 0.6 is 11.3 Å². The molecule has 104 valence electrons. The lowest BCUT2D eigenvalue weighted by atomic mass is 9.99. The number of anilines is 1. The molecule has 0 radical (unpaired) electrons. The van der Waals surface area contributed by atoms with Crippen LogP contribution < -0.4 is 4.90 Å². The number of rotatable bonds is 4. The maximum absolute atomic E-state index is 11.4.